The monoisotopic (exact) mass is 410 g/mol. The maximum Gasteiger partial charge on any atom is 0.291 e. The average Bonchev–Trinajstić information content (AvgIpc) is 3.43. The highest BCUT2D eigenvalue weighted by molar-refractivity contribution is 7.14. The molecule has 3 heterocycles. The summed E-state index contributed by atoms with van der Waals surface area (Å²) in [5.74, 6) is -0.326. The Balaban J connectivity index is 1.36. The number of anilines is 3. The summed E-state index contributed by atoms with van der Waals surface area (Å²) in [6.45, 7) is 0.675. The number of nitrogens with one attached hydrogen (secondary N) is 2. The molecule has 0 saturated carbocycles. The third-order valence-corrected chi connectivity index (χ3v) is 5.25. The minimum Gasteiger partial charge on any atom is -0.459 e. The highest BCUT2D eigenvalue weighted by Crippen LogP contribution is 2.25. The first-order valence-corrected chi connectivity index (χ1v) is 9.96. The predicted octanol–water partition coefficient (Wildman–Crippen LogP) is 3.30. The van der Waals surface area contributed by atoms with Gasteiger partial charge in [0.05, 0.1) is 18.4 Å². The maximum atomic E-state index is 12.4. The molecular weight excluding hydrogens is 392 g/mol. The van der Waals surface area contributed by atoms with Crippen LogP contribution in [0.3, 0.4) is 0 Å². The molecule has 4 rings (SSSR count). The van der Waals surface area contributed by atoms with E-state index in [2.05, 4.69) is 15.6 Å². The third kappa shape index (κ3) is 4.52. The number of rotatable bonds is 6. The van der Waals surface area contributed by atoms with Crippen molar-refractivity contribution in [3.63, 3.8) is 0 Å². The fourth-order valence-electron chi connectivity index (χ4n) is 3.00. The summed E-state index contributed by atoms with van der Waals surface area (Å²) in [4.78, 5) is 42.3. The minimum atomic E-state index is -0.370. The molecule has 0 spiro atoms. The van der Waals surface area contributed by atoms with Crippen molar-refractivity contribution in [2.75, 3.05) is 22.1 Å². The van der Waals surface area contributed by atoms with E-state index in [0.29, 0.717) is 35.2 Å². The SMILES string of the molecule is O=C(Cc1csc(N2CCCC2=O)n1)Nc1cccc(NC(=O)c2ccco2)c1. The fourth-order valence-corrected chi connectivity index (χ4v) is 3.86. The van der Waals surface area contributed by atoms with E-state index in [1.165, 1.54) is 17.6 Å². The second-order valence-electron chi connectivity index (χ2n) is 6.51. The van der Waals surface area contributed by atoms with Gasteiger partial charge in [-0.1, -0.05) is 6.07 Å². The van der Waals surface area contributed by atoms with Crippen LogP contribution < -0.4 is 15.5 Å². The molecule has 1 fully saturated rings. The van der Waals surface area contributed by atoms with Gasteiger partial charge in [0.2, 0.25) is 11.8 Å². The fraction of sp³-hybridized carbons (Fsp3) is 0.200. The lowest BCUT2D eigenvalue weighted by atomic mass is 10.2. The van der Waals surface area contributed by atoms with Crippen LogP contribution in [0, 0.1) is 0 Å². The van der Waals surface area contributed by atoms with Crippen LogP contribution in [0.5, 0.6) is 0 Å². The van der Waals surface area contributed by atoms with Crippen molar-refractivity contribution in [2.45, 2.75) is 19.3 Å². The Hall–Kier alpha value is -3.46. The van der Waals surface area contributed by atoms with Crippen LogP contribution in [0.2, 0.25) is 0 Å². The van der Waals surface area contributed by atoms with E-state index in [4.69, 9.17) is 4.42 Å². The molecule has 0 atom stereocenters. The number of aromatic nitrogens is 1. The van der Waals surface area contributed by atoms with Gasteiger partial charge in [0, 0.05) is 29.7 Å². The largest absolute Gasteiger partial charge is 0.459 e. The number of carbonyl (C=O) groups excluding carboxylic acids is 3. The Bertz CT molecular complexity index is 1040. The number of hydrogen-bond acceptors (Lipinski definition) is 6. The van der Waals surface area contributed by atoms with Gasteiger partial charge >= 0.3 is 0 Å². The van der Waals surface area contributed by atoms with Gasteiger partial charge in [-0.25, -0.2) is 4.98 Å². The van der Waals surface area contributed by atoms with Gasteiger partial charge in [-0.05, 0) is 36.8 Å². The van der Waals surface area contributed by atoms with E-state index >= 15 is 0 Å². The molecule has 29 heavy (non-hydrogen) atoms. The smallest absolute Gasteiger partial charge is 0.291 e. The van der Waals surface area contributed by atoms with Gasteiger partial charge in [0.25, 0.3) is 5.91 Å². The zero-order chi connectivity index (χ0) is 20.2. The molecule has 2 aromatic heterocycles. The summed E-state index contributed by atoms with van der Waals surface area (Å²) >= 11 is 1.36. The van der Waals surface area contributed by atoms with Crippen LogP contribution in [0.25, 0.3) is 0 Å². The standard InChI is InChI=1S/C20H18N4O4S/c25-17(11-15-12-29-20(23-15)24-8-2-7-18(24)26)21-13-4-1-5-14(10-13)22-19(27)16-6-3-9-28-16/h1,3-6,9-10,12H,2,7-8,11H2,(H,21,25)(H,22,27). The van der Waals surface area contributed by atoms with E-state index in [9.17, 15) is 14.4 Å². The molecule has 8 nitrogen and oxygen atoms in total. The van der Waals surface area contributed by atoms with Gasteiger partial charge in [-0.15, -0.1) is 11.3 Å². The molecular formula is C20H18N4O4S. The first-order valence-electron chi connectivity index (χ1n) is 9.08. The van der Waals surface area contributed by atoms with Crippen LogP contribution in [0.1, 0.15) is 29.1 Å². The summed E-state index contributed by atoms with van der Waals surface area (Å²) in [6.07, 6.45) is 2.90. The van der Waals surface area contributed by atoms with Crippen molar-refractivity contribution in [3.8, 4) is 0 Å². The number of carbonyl (C=O) groups is 3. The van der Waals surface area contributed by atoms with Crippen molar-refractivity contribution in [2.24, 2.45) is 0 Å². The van der Waals surface area contributed by atoms with Crippen molar-refractivity contribution in [3.05, 3.63) is 59.5 Å². The number of hydrogen-bond donors (Lipinski definition) is 2. The molecule has 1 aromatic carbocycles. The highest BCUT2D eigenvalue weighted by Gasteiger charge is 2.24. The van der Waals surface area contributed by atoms with Gasteiger partial charge in [-0.3, -0.25) is 19.3 Å². The number of benzene rings is 1. The molecule has 1 saturated heterocycles. The summed E-state index contributed by atoms with van der Waals surface area (Å²) in [7, 11) is 0. The Labute approximate surface area is 170 Å². The lowest BCUT2D eigenvalue weighted by Crippen LogP contribution is -2.23. The van der Waals surface area contributed by atoms with E-state index in [1.54, 1.807) is 46.7 Å². The highest BCUT2D eigenvalue weighted by atomic mass is 32.1. The van der Waals surface area contributed by atoms with Crippen LogP contribution in [0.15, 0.2) is 52.5 Å². The van der Waals surface area contributed by atoms with Crippen LogP contribution in [0.4, 0.5) is 16.5 Å². The first-order chi connectivity index (χ1) is 14.1. The molecule has 0 unspecified atom stereocenters. The summed E-state index contributed by atoms with van der Waals surface area (Å²) < 4.78 is 5.06. The number of amides is 3. The van der Waals surface area contributed by atoms with Gasteiger partial charge < -0.3 is 15.1 Å². The van der Waals surface area contributed by atoms with Crippen molar-refractivity contribution in [1.29, 1.82) is 0 Å². The number of thiazole rings is 1. The molecule has 1 aliphatic heterocycles. The Morgan fingerprint density at radius 2 is 2.00 bits per heavy atom. The van der Waals surface area contributed by atoms with Gasteiger partial charge in [0.1, 0.15) is 0 Å². The summed E-state index contributed by atoms with van der Waals surface area (Å²) in [6, 6.07) is 10.0. The molecule has 3 amide bonds. The molecule has 0 aliphatic carbocycles. The minimum absolute atomic E-state index is 0.0729. The third-order valence-electron chi connectivity index (χ3n) is 4.33. The van der Waals surface area contributed by atoms with Crippen molar-refractivity contribution < 1.29 is 18.8 Å². The molecule has 0 bridgehead atoms. The zero-order valence-electron chi connectivity index (χ0n) is 15.4. The summed E-state index contributed by atoms with van der Waals surface area (Å²) in [5.41, 5.74) is 1.70. The predicted molar refractivity (Wildman–Crippen MR) is 109 cm³/mol. The Morgan fingerprint density at radius 3 is 2.72 bits per heavy atom. The van der Waals surface area contributed by atoms with E-state index < -0.39 is 0 Å². The lowest BCUT2D eigenvalue weighted by molar-refractivity contribution is -0.117. The Kier molecular flexibility index (Phi) is 5.39. The Morgan fingerprint density at radius 1 is 1.17 bits per heavy atom. The number of furan rings is 1. The van der Waals surface area contributed by atoms with Crippen molar-refractivity contribution in [1.82, 2.24) is 4.98 Å². The molecule has 148 valence electrons. The van der Waals surface area contributed by atoms with Gasteiger partial charge in [-0.2, -0.15) is 0 Å². The second-order valence-corrected chi connectivity index (χ2v) is 7.34. The molecule has 9 heteroatoms. The molecule has 3 aromatic rings. The van der Waals surface area contributed by atoms with E-state index in [1.807, 2.05) is 0 Å². The quantitative estimate of drug-likeness (QED) is 0.649. The maximum absolute atomic E-state index is 12.4. The first kappa shape index (κ1) is 18.9. The molecule has 2 N–H and O–H groups in total. The normalized spacial score (nSPS) is 13.5. The second kappa shape index (κ2) is 8.27. The summed E-state index contributed by atoms with van der Waals surface area (Å²) in [5, 5.41) is 7.94. The molecule has 1 aliphatic rings. The average molecular weight is 410 g/mol. The van der Waals surface area contributed by atoms with Crippen LogP contribution >= 0.6 is 11.3 Å². The topological polar surface area (TPSA) is 105 Å². The van der Waals surface area contributed by atoms with E-state index in [-0.39, 0.29) is 29.9 Å². The van der Waals surface area contributed by atoms with Crippen molar-refractivity contribution >= 4 is 45.6 Å². The van der Waals surface area contributed by atoms with Crippen LogP contribution in [-0.4, -0.2) is 29.3 Å². The zero-order valence-corrected chi connectivity index (χ0v) is 16.2. The van der Waals surface area contributed by atoms with Crippen LogP contribution in [-0.2, 0) is 16.0 Å². The van der Waals surface area contributed by atoms with E-state index in [0.717, 1.165) is 6.42 Å². The number of nitrogens with zero attached hydrogens (tertiary/aromatic N) is 2. The lowest BCUT2D eigenvalue weighted by Gasteiger charge is -2.10. The van der Waals surface area contributed by atoms with Gasteiger partial charge in [0.15, 0.2) is 10.9 Å². The molecule has 0 radical (unpaired) electrons.